The third-order valence-electron chi connectivity index (χ3n) is 2.73. The largest absolute Gasteiger partial charge is 0.492 e. The summed E-state index contributed by atoms with van der Waals surface area (Å²) in [5.74, 6) is 0.892. The molecule has 0 aliphatic carbocycles. The lowest BCUT2D eigenvalue weighted by molar-refractivity contribution is 0.291. The van der Waals surface area contributed by atoms with E-state index in [2.05, 4.69) is 39.3 Å². The third-order valence-corrected chi connectivity index (χ3v) is 3.50. The highest BCUT2D eigenvalue weighted by Crippen LogP contribution is 2.22. The minimum atomic E-state index is 0.615. The summed E-state index contributed by atoms with van der Waals surface area (Å²) in [5.41, 5.74) is 1.21. The predicted octanol–water partition coefficient (Wildman–Crippen LogP) is 2.83. The van der Waals surface area contributed by atoms with E-state index in [0.29, 0.717) is 6.61 Å². The molecule has 0 aliphatic rings. The van der Waals surface area contributed by atoms with E-state index in [9.17, 15) is 0 Å². The fourth-order valence-electron chi connectivity index (χ4n) is 1.73. The van der Waals surface area contributed by atoms with Crippen molar-refractivity contribution in [2.45, 2.75) is 20.0 Å². The second-order valence-corrected chi connectivity index (χ2v) is 5.01. The van der Waals surface area contributed by atoms with Gasteiger partial charge in [0.1, 0.15) is 12.4 Å². The molecule has 0 amide bonds. The number of hydrogen-bond acceptors (Lipinski definition) is 3. The monoisotopic (exact) mass is 323 g/mol. The first-order chi connectivity index (χ1) is 9.29. The molecule has 1 aromatic carbocycles. The summed E-state index contributed by atoms with van der Waals surface area (Å²) in [4.78, 5) is 0. The normalized spacial score (nSPS) is 10.6. The van der Waals surface area contributed by atoms with Crippen LogP contribution in [0.5, 0.6) is 5.75 Å². The molecule has 0 radical (unpaired) electrons. The molecule has 0 bridgehead atoms. The van der Waals surface area contributed by atoms with Gasteiger partial charge < -0.3 is 10.1 Å². The average molecular weight is 324 g/mol. The van der Waals surface area contributed by atoms with Gasteiger partial charge in [0.05, 0.1) is 6.54 Å². The number of nitrogens with zero attached hydrogens (tertiary/aromatic N) is 2. The summed E-state index contributed by atoms with van der Waals surface area (Å²) in [6.45, 7) is 5.26. The Kier molecular flexibility index (Phi) is 5.42. The Bertz CT molecular complexity index is 499. The Morgan fingerprint density at radius 2 is 2.32 bits per heavy atom. The van der Waals surface area contributed by atoms with Crippen molar-refractivity contribution < 1.29 is 4.74 Å². The Morgan fingerprint density at radius 3 is 3.05 bits per heavy atom. The Balaban J connectivity index is 1.89. The van der Waals surface area contributed by atoms with Crippen molar-refractivity contribution in [1.29, 1.82) is 0 Å². The molecule has 2 aromatic rings. The molecule has 0 atom stereocenters. The molecule has 0 aliphatic heterocycles. The molecule has 0 saturated heterocycles. The van der Waals surface area contributed by atoms with E-state index in [4.69, 9.17) is 4.74 Å². The van der Waals surface area contributed by atoms with E-state index in [1.807, 2.05) is 29.1 Å². The Hall–Kier alpha value is -1.33. The second kappa shape index (κ2) is 7.31. The van der Waals surface area contributed by atoms with Crippen molar-refractivity contribution in [3.63, 3.8) is 0 Å². The minimum Gasteiger partial charge on any atom is -0.492 e. The van der Waals surface area contributed by atoms with Crippen LogP contribution in [0.15, 0.2) is 41.1 Å². The van der Waals surface area contributed by atoms with Gasteiger partial charge >= 0.3 is 0 Å². The van der Waals surface area contributed by atoms with Gasteiger partial charge in [0.15, 0.2) is 0 Å². The van der Waals surface area contributed by atoms with Gasteiger partial charge in [0.25, 0.3) is 0 Å². The Labute approximate surface area is 121 Å². The van der Waals surface area contributed by atoms with Crippen LogP contribution in [0, 0.1) is 0 Å². The van der Waals surface area contributed by atoms with Gasteiger partial charge in [-0.25, -0.2) is 0 Å². The van der Waals surface area contributed by atoms with Gasteiger partial charge in [0, 0.05) is 23.4 Å². The summed E-state index contributed by atoms with van der Waals surface area (Å²) >= 11 is 3.55. The summed E-state index contributed by atoms with van der Waals surface area (Å²) in [7, 11) is 0. The van der Waals surface area contributed by atoms with Crippen LogP contribution < -0.4 is 10.1 Å². The topological polar surface area (TPSA) is 39.1 Å². The fourth-order valence-corrected chi connectivity index (χ4v) is 2.11. The van der Waals surface area contributed by atoms with E-state index in [-0.39, 0.29) is 0 Å². The van der Waals surface area contributed by atoms with Gasteiger partial charge in [-0.05, 0) is 36.4 Å². The van der Waals surface area contributed by atoms with Gasteiger partial charge in [-0.3, -0.25) is 4.68 Å². The number of ether oxygens (including phenoxy) is 1. The first-order valence-corrected chi connectivity index (χ1v) is 7.18. The molecular formula is C14H18BrN3O. The maximum absolute atomic E-state index is 5.75. The molecule has 102 valence electrons. The number of aromatic nitrogens is 2. The molecule has 1 heterocycles. The summed E-state index contributed by atoms with van der Waals surface area (Å²) < 4.78 is 8.71. The zero-order chi connectivity index (χ0) is 13.5. The van der Waals surface area contributed by atoms with Crippen molar-refractivity contribution in [2.75, 3.05) is 13.2 Å². The van der Waals surface area contributed by atoms with E-state index in [0.717, 1.165) is 29.9 Å². The summed E-state index contributed by atoms with van der Waals surface area (Å²) in [6, 6.07) is 7.97. The predicted molar refractivity (Wildman–Crippen MR) is 79.2 cm³/mol. The van der Waals surface area contributed by atoms with Crippen LogP contribution in [0.3, 0.4) is 0 Å². The van der Waals surface area contributed by atoms with E-state index < -0.39 is 0 Å². The number of benzene rings is 1. The molecule has 0 fully saturated rings. The van der Waals surface area contributed by atoms with Crippen molar-refractivity contribution in [2.24, 2.45) is 0 Å². The number of nitrogens with one attached hydrogen (secondary N) is 1. The molecule has 2 rings (SSSR count). The Morgan fingerprint density at radius 1 is 1.42 bits per heavy atom. The first-order valence-electron chi connectivity index (χ1n) is 6.39. The van der Waals surface area contributed by atoms with Crippen LogP contribution in [0.1, 0.15) is 12.5 Å². The first kappa shape index (κ1) is 14.1. The quantitative estimate of drug-likeness (QED) is 0.851. The highest BCUT2D eigenvalue weighted by molar-refractivity contribution is 9.10. The maximum atomic E-state index is 5.75. The lowest BCUT2D eigenvalue weighted by Crippen LogP contribution is -2.12. The highest BCUT2D eigenvalue weighted by atomic mass is 79.9. The van der Waals surface area contributed by atoms with Gasteiger partial charge in [-0.1, -0.05) is 22.9 Å². The van der Waals surface area contributed by atoms with Crippen molar-refractivity contribution in [3.05, 3.63) is 46.7 Å². The maximum Gasteiger partial charge on any atom is 0.119 e. The molecule has 1 aromatic heterocycles. The van der Waals surface area contributed by atoms with Crippen LogP contribution >= 0.6 is 15.9 Å². The van der Waals surface area contributed by atoms with Crippen molar-refractivity contribution >= 4 is 15.9 Å². The molecule has 1 N–H and O–H groups in total. The van der Waals surface area contributed by atoms with Crippen LogP contribution in [0.4, 0.5) is 0 Å². The van der Waals surface area contributed by atoms with Gasteiger partial charge in [-0.15, -0.1) is 0 Å². The second-order valence-electron chi connectivity index (χ2n) is 4.15. The lowest BCUT2D eigenvalue weighted by Gasteiger charge is -2.10. The summed E-state index contributed by atoms with van der Waals surface area (Å²) in [5, 5.41) is 7.45. The molecule has 0 unspecified atom stereocenters. The third kappa shape index (κ3) is 4.36. The van der Waals surface area contributed by atoms with Crippen molar-refractivity contribution in [3.8, 4) is 5.75 Å². The van der Waals surface area contributed by atoms with E-state index in [1.165, 1.54) is 5.56 Å². The van der Waals surface area contributed by atoms with Crippen LogP contribution in [-0.4, -0.2) is 22.9 Å². The van der Waals surface area contributed by atoms with E-state index in [1.54, 1.807) is 6.20 Å². The van der Waals surface area contributed by atoms with Crippen LogP contribution in [0.2, 0.25) is 0 Å². The summed E-state index contributed by atoms with van der Waals surface area (Å²) in [6.07, 6.45) is 3.70. The molecule has 0 spiro atoms. The molecule has 4 nitrogen and oxygen atoms in total. The molecule has 19 heavy (non-hydrogen) atoms. The number of rotatable bonds is 7. The fraction of sp³-hybridized carbons (Fsp3) is 0.357. The number of hydrogen-bond donors (Lipinski definition) is 1. The van der Waals surface area contributed by atoms with E-state index >= 15 is 0 Å². The zero-order valence-corrected chi connectivity index (χ0v) is 12.6. The highest BCUT2D eigenvalue weighted by Gasteiger charge is 2.02. The molecular weight excluding hydrogens is 306 g/mol. The molecule has 5 heteroatoms. The van der Waals surface area contributed by atoms with Crippen LogP contribution in [0.25, 0.3) is 0 Å². The number of halogens is 1. The van der Waals surface area contributed by atoms with Crippen LogP contribution in [-0.2, 0) is 13.1 Å². The molecule has 0 saturated carbocycles. The zero-order valence-electron chi connectivity index (χ0n) is 11.0. The van der Waals surface area contributed by atoms with Gasteiger partial charge in [-0.2, -0.15) is 5.10 Å². The van der Waals surface area contributed by atoms with Crippen molar-refractivity contribution in [1.82, 2.24) is 15.1 Å². The van der Waals surface area contributed by atoms with Gasteiger partial charge in [0.2, 0.25) is 0 Å². The minimum absolute atomic E-state index is 0.615. The average Bonchev–Trinajstić information content (AvgIpc) is 2.92. The smallest absolute Gasteiger partial charge is 0.119 e. The lowest BCUT2D eigenvalue weighted by atomic mass is 10.2. The SMILES string of the molecule is CCNCc1cc(OCCn2cccn2)ccc1Br. The standard InChI is InChI=1S/C14H18BrN3O/c1-2-16-11-12-10-13(4-5-14(12)15)19-9-8-18-7-3-6-17-18/h3-7,10,16H,2,8-9,11H2,1H3.